The molecular formula is C15H20Br2O. The van der Waals surface area contributed by atoms with Gasteiger partial charge in [-0.3, -0.25) is 0 Å². The van der Waals surface area contributed by atoms with E-state index in [1.54, 1.807) is 0 Å². The van der Waals surface area contributed by atoms with Gasteiger partial charge in [0.15, 0.2) is 0 Å². The van der Waals surface area contributed by atoms with Gasteiger partial charge in [0.2, 0.25) is 0 Å². The fourth-order valence-corrected chi connectivity index (χ4v) is 3.84. The third-order valence-electron chi connectivity index (χ3n) is 3.39. The summed E-state index contributed by atoms with van der Waals surface area (Å²) in [6.45, 7) is 3.08. The SMILES string of the molecule is CCCC(Br)CCCc1cc(Br)cc2c1OCC2. The van der Waals surface area contributed by atoms with Crippen molar-refractivity contribution in [2.24, 2.45) is 0 Å². The zero-order valence-corrected chi connectivity index (χ0v) is 14.0. The van der Waals surface area contributed by atoms with Crippen LogP contribution in [-0.4, -0.2) is 11.4 Å². The van der Waals surface area contributed by atoms with Gasteiger partial charge in [-0.25, -0.2) is 0 Å². The summed E-state index contributed by atoms with van der Waals surface area (Å²) in [4.78, 5) is 0.670. The smallest absolute Gasteiger partial charge is 0.125 e. The highest BCUT2D eigenvalue weighted by atomic mass is 79.9. The molecular weight excluding hydrogens is 356 g/mol. The van der Waals surface area contributed by atoms with Crippen molar-refractivity contribution in [1.29, 1.82) is 0 Å². The van der Waals surface area contributed by atoms with Crippen molar-refractivity contribution in [3.63, 3.8) is 0 Å². The largest absolute Gasteiger partial charge is 0.493 e. The number of fused-ring (bicyclic) bond motifs is 1. The van der Waals surface area contributed by atoms with Crippen LogP contribution in [0, 0.1) is 0 Å². The van der Waals surface area contributed by atoms with E-state index < -0.39 is 0 Å². The molecule has 2 rings (SSSR count). The first-order valence-electron chi connectivity index (χ1n) is 6.79. The van der Waals surface area contributed by atoms with Gasteiger partial charge in [-0.15, -0.1) is 0 Å². The van der Waals surface area contributed by atoms with E-state index in [4.69, 9.17) is 4.74 Å². The van der Waals surface area contributed by atoms with E-state index in [0.717, 1.165) is 25.2 Å². The monoisotopic (exact) mass is 374 g/mol. The van der Waals surface area contributed by atoms with Crippen LogP contribution in [0.15, 0.2) is 16.6 Å². The maximum Gasteiger partial charge on any atom is 0.125 e. The molecule has 0 aromatic heterocycles. The van der Waals surface area contributed by atoms with Gasteiger partial charge >= 0.3 is 0 Å². The van der Waals surface area contributed by atoms with E-state index in [-0.39, 0.29) is 0 Å². The second-order valence-electron chi connectivity index (χ2n) is 4.93. The first-order valence-corrected chi connectivity index (χ1v) is 8.49. The van der Waals surface area contributed by atoms with Crippen LogP contribution in [0.3, 0.4) is 0 Å². The molecule has 1 aromatic rings. The van der Waals surface area contributed by atoms with Gasteiger partial charge in [0.1, 0.15) is 5.75 Å². The van der Waals surface area contributed by atoms with Crippen molar-refractivity contribution in [3.8, 4) is 5.75 Å². The summed E-state index contributed by atoms with van der Waals surface area (Å²) in [5, 5.41) is 0. The van der Waals surface area contributed by atoms with Gasteiger partial charge in [0.25, 0.3) is 0 Å². The molecule has 3 heteroatoms. The van der Waals surface area contributed by atoms with E-state index in [2.05, 4.69) is 50.9 Å². The van der Waals surface area contributed by atoms with E-state index in [0.29, 0.717) is 4.83 Å². The lowest BCUT2D eigenvalue weighted by atomic mass is 10.0. The minimum atomic E-state index is 0.670. The third kappa shape index (κ3) is 3.74. The second-order valence-corrected chi connectivity index (χ2v) is 7.14. The molecule has 1 aliphatic rings. The zero-order valence-electron chi connectivity index (χ0n) is 10.8. The van der Waals surface area contributed by atoms with Crippen molar-refractivity contribution >= 4 is 31.9 Å². The maximum atomic E-state index is 5.76. The van der Waals surface area contributed by atoms with Crippen LogP contribution in [0.25, 0.3) is 0 Å². The Kier molecular flexibility index (Phi) is 5.56. The lowest BCUT2D eigenvalue weighted by Crippen LogP contribution is -1.99. The van der Waals surface area contributed by atoms with Crippen LogP contribution in [0.2, 0.25) is 0 Å². The highest BCUT2D eigenvalue weighted by Crippen LogP contribution is 2.34. The van der Waals surface area contributed by atoms with Crippen LogP contribution in [0.5, 0.6) is 5.75 Å². The van der Waals surface area contributed by atoms with Gasteiger partial charge in [-0.05, 0) is 48.9 Å². The van der Waals surface area contributed by atoms with Crippen molar-refractivity contribution < 1.29 is 4.74 Å². The van der Waals surface area contributed by atoms with Crippen LogP contribution < -0.4 is 4.74 Å². The Morgan fingerprint density at radius 1 is 1.33 bits per heavy atom. The van der Waals surface area contributed by atoms with Crippen LogP contribution in [-0.2, 0) is 12.8 Å². The lowest BCUT2D eigenvalue weighted by Gasteiger charge is -2.11. The summed E-state index contributed by atoms with van der Waals surface area (Å²) in [6.07, 6.45) is 7.17. The van der Waals surface area contributed by atoms with E-state index in [1.807, 2.05) is 0 Å². The Bertz CT molecular complexity index is 404. The zero-order chi connectivity index (χ0) is 13.0. The molecule has 0 amide bonds. The molecule has 100 valence electrons. The normalized spacial score (nSPS) is 15.3. The average molecular weight is 376 g/mol. The summed E-state index contributed by atoms with van der Waals surface area (Å²) in [5.41, 5.74) is 2.73. The first-order chi connectivity index (χ1) is 8.70. The highest BCUT2D eigenvalue weighted by molar-refractivity contribution is 9.10. The molecule has 18 heavy (non-hydrogen) atoms. The highest BCUT2D eigenvalue weighted by Gasteiger charge is 2.17. The molecule has 0 fully saturated rings. The predicted octanol–water partition coefficient (Wildman–Crippen LogP) is 5.27. The Hall–Kier alpha value is -0.0200. The standard InChI is InChI=1S/C15H20Br2O/c1-2-4-13(16)6-3-5-11-9-14(17)10-12-7-8-18-15(11)12/h9-10,13H,2-8H2,1H3. The Balaban J connectivity index is 1.93. The molecule has 1 nitrogen and oxygen atoms in total. The summed E-state index contributed by atoms with van der Waals surface area (Å²) < 4.78 is 6.94. The van der Waals surface area contributed by atoms with Gasteiger partial charge in [-0.1, -0.05) is 45.2 Å². The molecule has 1 heterocycles. The number of hydrogen-bond donors (Lipinski definition) is 0. The third-order valence-corrected chi connectivity index (χ3v) is 4.76. The molecule has 0 N–H and O–H groups in total. The fourth-order valence-electron chi connectivity index (χ4n) is 2.50. The van der Waals surface area contributed by atoms with Crippen LogP contribution in [0.1, 0.15) is 43.7 Å². The van der Waals surface area contributed by atoms with Crippen molar-refractivity contribution in [2.75, 3.05) is 6.61 Å². The van der Waals surface area contributed by atoms with E-state index in [1.165, 1.54) is 41.3 Å². The summed E-state index contributed by atoms with van der Waals surface area (Å²) in [6, 6.07) is 4.41. The molecule has 0 saturated heterocycles. The number of aryl methyl sites for hydroxylation is 1. The molecule has 1 aliphatic heterocycles. The van der Waals surface area contributed by atoms with Crippen molar-refractivity contribution in [3.05, 3.63) is 27.7 Å². The average Bonchev–Trinajstić information content (AvgIpc) is 2.77. The molecule has 0 saturated carbocycles. The van der Waals surface area contributed by atoms with E-state index in [9.17, 15) is 0 Å². The molecule has 0 spiro atoms. The number of rotatable bonds is 6. The Morgan fingerprint density at radius 2 is 2.17 bits per heavy atom. The van der Waals surface area contributed by atoms with E-state index >= 15 is 0 Å². The quantitative estimate of drug-likeness (QED) is 0.615. The Labute approximate surface area is 127 Å². The van der Waals surface area contributed by atoms with Gasteiger partial charge in [0, 0.05) is 15.7 Å². The van der Waals surface area contributed by atoms with Gasteiger partial charge in [-0.2, -0.15) is 0 Å². The minimum absolute atomic E-state index is 0.670. The molecule has 0 radical (unpaired) electrons. The molecule has 0 bridgehead atoms. The van der Waals surface area contributed by atoms with Crippen LogP contribution >= 0.6 is 31.9 Å². The molecule has 0 aliphatic carbocycles. The maximum absolute atomic E-state index is 5.76. The number of halogens is 2. The molecule has 1 unspecified atom stereocenters. The summed E-state index contributed by atoms with van der Waals surface area (Å²) in [7, 11) is 0. The molecule has 1 atom stereocenters. The topological polar surface area (TPSA) is 9.23 Å². The lowest BCUT2D eigenvalue weighted by molar-refractivity contribution is 0.353. The molecule has 1 aromatic carbocycles. The second kappa shape index (κ2) is 6.95. The minimum Gasteiger partial charge on any atom is -0.493 e. The number of hydrogen-bond acceptors (Lipinski definition) is 1. The van der Waals surface area contributed by atoms with Crippen LogP contribution in [0.4, 0.5) is 0 Å². The summed E-state index contributed by atoms with van der Waals surface area (Å²) in [5.74, 6) is 1.15. The van der Waals surface area contributed by atoms with Gasteiger partial charge in [0.05, 0.1) is 6.61 Å². The first kappa shape index (κ1) is 14.4. The Morgan fingerprint density at radius 3 is 2.94 bits per heavy atom. The fraction of sp³-hybridized carbons (Fsp3) is 0.600. The predicted molar refractivity (Wildman–Crippen MR) is 83.9 cm³/mol. The van der Waals surface area contributed by atoms with Gasteiger partial charge < -0.3 is 4.74 Å². The summed E-state index contributed by atoms with van der Waals surface area (Å²) >= 11 is 7.34. The number of alkyl halides is 1. The number of ether oxygens (including phenoxy) is 1. The van der Waals surface area contributed by atoms with Crippen molar-refractivity contribution in [2.45, 2.75) is 50.3 Å². The van der Waals surface area contributed by atoms with Crippen molar-refractivity contribution in [1.82, 2.24) is 0 Å². The number of benzene rings is 1.